The molecule has 0 saturated heterocycles. The molecule has 0 saturated carbocycles. The molecule has 0 spiro atoms. The van der Waals surface area contributed by atoms with E-state index in [2.05, 4.69) is 20.5 Å². The molecule has 1 aromatic heterocycles. The standard InChI is InChI=1S/C19H18ClN5O2S/c1-25(2)18(27)15-9-14(7-8-16(15)20)23-17(26)13-5-3-12(4-6-13)10-28-19-21-11-22-24-19/h3-9,11H,10H2,1-2H3,(H,23,26)(H,21,22,24). The van der Waals surface area contributed by atoms with Crippen LogP contribution in [0, 0.1) is 0 Å². The summed E-state index contributed by atoms with van der Waals surface area (Å²) >= 11 is 7.63. The van der Waals surface area contributed by atoms with Crippen molar-refractivity contribution in [1.82, 2.24) is 20.1 Å². The fourth-order valence-corrected chi connectivity index (χ4v) is 3.31. The van der Waals surface area contributed by atoms with E-state index >= 15 is 0 Å². The molecule has 2 amide bonds. The highest BCUT2D eigenvalue weighted by Gasteiger charge is 2.14. The van der Waals surface area contributed by atoms with Gasteiger partial charge in [-0.25, -0.2) is 4.98 Å². The van der Waals surface area contributed by atoms with Crippen LogP contribution in [0.4, 0.5) is 5.69 Å². The Hall–Kier alpha value is -2.84. The van der Waals surface area contributed by atoms with Crippen molar-refractivity contribution >= 4 is 40.9 Å². The first-order valence-corrected chi connectivity index (χ1v) is 9.70. The highest BCUT2D eigenvalue weighted by molar-refractivity contribution is 7.98. The van der Waals surface area contributed by atoms with Gasteiger partial charge in [0.2, 0.25) is 0 Å². The highest BCUT2D eigenvalue weighted by atomic mass is 35.5. The van der Waals surface area contributed by atoms with Crippen molar-refractivity contribution in [3.8, 4) is 0 Å². The summed E-state index contributed by atoms with van der Waals surface area (Å²) in [5.41, 5.74) is 2.42. The van der Waals surface area contributed by atoms with Crippen LogP contribution in [0.3, 0.4) is 0 Å². The molecule has 0 radical (unpaired) electrons. The van der Waals surface area contributed by atoms with Crippen LogP contribution in [0.2, 0.25) is 5.02 Å². The lowest BCUT2D eigenvalue weighted by Gasteiger charge is -2.13. The average molecular weight is 416 g/mol. The van der Waals surface area contributed by atoms with Gasteiger partial charge in [-0.3, -0.25) is 14.7 Å². The van der Waals surface area contributed by atoms with Gasteiger partial charge in [0.25, 0.3) is 11.8 Å². The van der Waals surface area contributed by atoms with E-state index in [1.807, 2.05) is 12.1 Å². The molecule has 0 aliphatic rings. The fraction of sp³-hybridized carbons (Fsp3) is 0.158. The maximum atomic E-state index is 12.5. The van der Waals surface area contributed by atoms with E-state index in [1.54, 1.807) is 44.4 Å². The van der Waals surface area contributed by atoms with Crippen LogP contribution in [-0.2, 0) is 5.75 Å². The number of aromatic nitrogens is 3. The van der Waals surface area contributed by atoms with Crippen molar-refractivity contribution < 1.29 is 9.59 Å². The summed E-state index contributed by atoms with van der Waals surface area (Å²) in [7, 11) is 3.29. The van der Waals surface area contributed by atoms with E-state index in [0.717, 1.165) is 10.7 Å². The van der Waals surface area contributed by atoms with E-state index in [1.165, 1.54) is 23.0 Å². The number of H-pyrrole nitrogens is 1. The molecule has 0 bridgehead atoms. The van der Waals surface area contributed by atoms with Crippen molar-refractivity contribution in [2.24, 2.45) is 0 Å². The Morgan fingerprint density at radius 3 is 2.57 bits per heavy atom. The predicted octanol–water partition coefficient (Wildman–Crippen LogP) is 3.70. The van der Waals surface area contributed by atoms with E-state index in [9.17, 15) is 9.59 Å². The van der Waals surface area contributed by atoms with Gasteiger partial charge in [0.05, 0.1) is 10.6 Å². The molecule has 7 nitrogen and oxygen atoms in total. The first kappa shape index (κ1) is 19.9. The lowest BCUT2D eigenvalue weighted by Crippen LogP contribution is -2.22. The molecule has 0 fully saturated rings. The van der Waals surface area contributed by atoms with Crippen LogP contribution >= 0.6 is 23.4 Å². The third-order valence-electron chi connectivity index (χ3n) is 3.85. The fourth-order valence-electron chi connectivity index (χ4n) is 2.38. The number of nitrogens with zero attached hydrogens (tertiary/aromatic N) is 3. The van der Waals surface area contributed by atoms with Gasteiger partial charge in [0, 0.05) is 31.1 Å². The largest absolute Gasteiger partial charge is 0.345 e. The minimum atomic E-state index is -0.264. The number of rotatable bonds is 6. The lowest BCUT2D eigenvalue weighted by atomic mass is 10.1. The van der Waals surface area contributed by atoms with Crippen molar-refractivity contribution in [3.63, 3.8) is 0 Å². The number of anilines is 1. The van der Waals surface area contributed by atoms with Gasteiger partial charge in [0.1, 0.15) is 6.33 Å². The monoisotopic (exact) mass is 415 g/mol. The number of thioether (sulfide) groups is 1. The zero-order valence-electron chi connectivity index (χ0n) is 15.3. The number of nitrogens with one attached hydrogen (secondary N) is 2. The Balaban J connectivity index is 1.66. The second kappa shape index (κ2) is 8.90. The van der Waals surface area contributed by atoms with Crippen LogP contribution in [0.15, 0.2) is 53.9 Å². The molecule has 2 aromatic carbocycles. The number of hydrogen-bond acceptors (Lipinski definition) is 5. The van der Waals surface area contributed by atoms with Gasteiger partial charge in [-0.15, -0.1) is 0 Å². The number of halogens is 1. The van der Waals surface area contributed by atoms with Crippen LogP contribution in [-0.4, -0.2) is 46.0 Å². The zero-order chi connectivity index (χ0) is 20.1. The van der Waals surface area contributed by atoms with Crippen molar-refractivity contribution in [2.75, 3.05) is 19.4 Å². The van der Waals surface area contributed by atoms with Gasteiger partial charge >= 0.3 is 0 Å². The lowest BCUT2D eigenvalue weighted by molar-refractivity contribution is 0.0827. The normalized spacial score (nSPS) is 10.5. The molecule has 9 heteroatoms. The van der Waals surface area contributed by atoms with E-state index in [-0.39, 0.29) is 11.8 Å². The molecule has 1 heterocycles. The van der Waals surface area contributed by atoms with Crippen LogP contribution in [0.5, 0.6) is 0 Å². The maximum Gasteiger partial charge on any atom is 0.255 e. The second-order valence-electron chi connectivity index (χ2n) is 6.12. The Labute approximate surface area is 171 Å². The number of carbonyl (C=O) groups excluding carboxylic acids is 2. The van der Waals surface area contributed by atoms with Crippen molar-refractivity contribution in [3.05, 3.63) is 70.5 Å². The summed E-state index contributed by atoms with van der Waals surface area (Å²) in [4.78, 5) is 30.2. The van der Waals surface area contributed by atoms with Gasteiger partial charge in [-0.2, -0.15) is 5.10 Å². The third kappa shape index (κ3) is 4.90. The molecular formula is C19H18ClN5O2S. The highest BCUT2D eigenvalue weighted by Crippen LogP contribution is 2.23. The molecule has 0 unspecified atom stereocenters. The van der Waals surface area contributed by atoms with E-state index < -0.39 is 0 Å². The molecule has 3 aromatic rings. The van der Waals surface area contributed by atoms with E-state index in [4.69, 9.17) is 11.6 Å². The Morgan fingerprint density at radius 2 is 1.93 bits per heavy atom. The zero-order valence-corrected chi connectivity index (χ0v) is 16.8. The van der Waals surface area contributed by atoms with Crippen LogP contribution in [0.1, 0.15) is 26.3 Å². The molecular weight excluding hydrogens is 398 g/mol. The Morgan fingerprint density at radius 1 is 1.18 bits per heavy atom. The van der Waals surface area contributed by atoms with Gasteiger partial charge in [-0.05, 0) is 35.9 Å². The first-order chi connectivity index (χ1) is 13.4. The van der Waals surface area contributed by atoms with Gasteiger partial charge in [-0.1, -0.05) is 35.5 Å². The quantitative estimate of drug-likeness (QED) is 0.599. The van der Waals surface area contributed by atoms with Gasteiger partial charge in [0.15, 0.2) is 5.16 Å². The molecule has 0 atom stereocenters. The third-order valence-corrected chi connectivity index (χ3v) is 5.12. The number of hydrogen-bond donors (Lipinski definition) is 2. The SMILES string of the molecule is CN(C)C(=O)c1cc(NC(=O)c2ccc(CSc3ncn[nH]3)cc2)ccc1Cl. The first-order valence-electron chi connectivity index (χ1n) is 8.33. The number of benzene rings is 2. The molecule has 3 rings (SSSR count). The summed E-state index contributed by atoms with van der Waals surface area (Å²) in [5, 5.41) is 10.5. The molecule has 28 heavy (non-hydrogen) atoms. The average Bonchev–Trinajstić information content (AvgIpc) is 3.21. The van der Waals surface area contributed by atoms with E-state index in [0.29, 0.717) is 27.6 Å². The Bertz CT molecular complexity index is 974. The van der Waals surface area contributed by atoms with Crippen LogP contribution in [0.25, 0.3) is 0 Å². The minimum absolute atomic E-state index is 0.227. The smallest absolute Gasteiger partial charge is 0.255 e. The predicted molar refractivity (Wildman–Crippen MR) is 110 cm³/mol. The molecule has 0 aliphatic carbocycles. The molecule has 0 aliphatic heterocycles. The summed E-state index contributed by atoms with van der Waals surface area (Å²) in [6, 6.07) is 12.1. The topological polar surface area (TPSA) is 91.0 Å². The van der Waals surface area contributed by atoms with Crippen LogP contribution < -0.4 is 5.32 Å². The minimum Gasteiger partial charge on any atom is -0.345 e. The maximum absolute atomic E-state index is 12.5. The van der Waals surface area contributed by atoms with Crippen molar-refractivity contribution in [2.45, 2.75) is 10.9 Å². The summed E-state index contributed by atoms with van der Waals surface area (Å²) < 4.78 is 0. The number of amides is 2. The summed E-state index contributed by atoms with van der Waals surface area (Å²) in [6.45, 7) is 0. The molecule has 144 valence electrons. The number of carbonyl (C=O) groups is 2. The Kier molecular flexibility index (Phi) is 6.33. The number of aromatic amines is 1. The van der Waals surface area contributed by atoms with Gasteiger partial charge < -0.3 is 10.2 Å². The summed E-state index contributed by atoms with van der Waals surface area (Å²) in [6.07, 6.45) is 1.46. The molecule has 2 N–H and O–H groups in total. The second-order valence-corrected chi connectivity index (χ2v) is 7.50. The summed E-state index contributed by atoms with van der Waals surface area (Å²) in [5.74, 6) is 0.222. The van der Waals surface area contributed by atoms with Crippen molar-refractivity contribution in [1.29, 1.82) is 0 Å².